The Morgan fingerprint density at radius 1 is 1.19 bits per heavy atom. The quantitative estimate of drug-likeness (QED) is 0.808. The number of aryl methyl sites for hydroxylation is 1. The molecule has 2 aliphatic rings. The zero-order valence-corrected chi connectivity index (χ0v) is 15.2. The zero-order valence-electron chi connectivity index (χ0n) is 15.2. The van der Waals surface area contributed by atoms with E-state index in [4.69, 9.17) is 4.74 Å². The molecule has 2 saturated heterocycles. The Bertz CT molecular complexity index is 842. The summed E-state index contributed by atoms with van der Waals surface area (Å²) in [6.07, 6.45) is 3.83. The summed E-state index contributed by atoms with van der Waals surface area (Å²) in [5.74, 6) is -0.100. The number of carbonyl (C=O) groups is 2. The lowest BCUT2D eigenvalue weighted by Crippen LogP contribution is -2.49. The summed E-state index contributed by atoms with van der Waals surface area (Å²) in [7, 11) is 0. The van der Waals surface area contributed by atoms with Crippen molar-refractivity contribution in [2.75, 3.05) is 31.1 Å². The third kappa shape index (κ3) is 3.68. The number of amides is 2. The highest BCUT2D eigenvalue weighted by molar-refractivity contribution is 5.94. The van der Waals surface area contributed by atoms with Crippen LogP contribution >= 0.6 is 0 Å². The second-order valence-electron chi connectivity index (χ2n) is 7.03. The van der Waals surface area contributed by atoms with Crippen molar-refractivity contribution in [3.63, 3.8) is 0 Å². The molecule has 2 fully saturated rings. The standard InChI is InChI=1S/C20H22N4O3/c1-14-9-21-10-17(22-14)20(26)23-8-7-18-15(11-23)12-24(19(25)13-27-18)16-5-3-2-4-6-16/h2-6,9-10,15,18H,7-8,11-13H2,1H3/t15-,18+/m1/s1. The first-order chi connectivity index (χ1) is 13.1. The van der Waals surface area contributed by atoms with E-state index in [1.165, 1.54) is 6.20 Å². The molecular weight excluding hydrogens is 344 g/mol. The van der Waals surface area contributed by atoms with Crippen LogP contribution in [0.15, 0.2) is 42.7 Å². The van der Waals surface area contributed by atoms with Gasteiger partial charge in [-0.05, 0) is 25.5 Å². The number of likely N-dealkylation sites (tertiary alicyclic amines) is 1. The first kappa shape index (κ1) is 17.6. The highest BCUT2D eigenvalue weighted by Gasteiger charge is 2.38. The van der Waals surface area contributed by atoms with E-state index in [0.717, 1.165) is 11.4 Å². The Hall–Kier alpha value is -2.80. The number of ether oxygens (including phenoxy) is 1. The number of hydrogen-bond donors (Lipinski definition) is 0. The van der Waals surface area contributed by atoms with Crippen molar-refractivity contribution < 1.29 is 14.3 Å². The molecule has 1 aromatic heterocycles. The molecule has 2 aromatic rings. The van der Waals surface area contributed by atoms with Crippen molar-refractivity contribution in [2.24, 2.45) is 5.92 Å². The normalized spacial score (nSPS) is 22.9. The number of carbonyl (C=O) groups excluding carboxylic acids is 2. The van der Waals surface area contributed by atoms with Crippen molar-refractivity contribution in [2.45, 2.75) is 19.4 Å². The van der Waals surface area contributed by atoms with Crippen LogP contribution in [0.3, 0.4) is 0 Å². The van der Waals surface area contributed by atoms with Crippen LogP contribution in [0.1, 0.15) is 22.6 Å². The van der Waals surface area contributed by atoms with Gasteiger partial charge in [0.05, 0.1) is 18.0 Å². The SMILES string of the molecule is Cc1cncc(C(=O)N2CC[C@@H]3OCC(=O)N(c4ccccc4)C[C@H]3C2)n1. The molecule has 2 atom stereocenters. The minimum absolute atomic E-state index is 0.0182. The molecule has 0 spiro atoms. The predicted molar refractivity (Wildman–Crippen MR) is 99.3 cm³/mol. The summed E-state index contributed by atoms with van der Waals surface area (Å²) in [6, 6.07) is 9.60. The molecule has 1 aromatic carbocycles. The van der Waals surface area contributed by atoms with E-state index in [9.17, 15) is 9.59 Å². The Balaban J connectivity index is 1.53. The molecule has 0 bridgehead atoms. The number of nitrogens with zero attached hydrogens (tertiary/aromatic N) is 4. The van der Waals surface area contributed by atoms with E-state index in [1.807, 2.05) is 37.3 Å². The van der Waals surface area contributed by atoms with Crippen LogP contribution in [-0.2, 0) is 9.53 Å². The summed E-state index contributed by atoms with van der Waals surface area (Å²) < 4.78 is 5.87. The predicted octanol–water partition coefficient (Wildman–Crippen LogP) is 1.68. The maximum Gasteiger partial charge on any atom is 0.274 e. The van der Waals surface area contributed by atoms with Crippen molar-refractivity contribution >= 4 is 17.5 Å². The molecule has 2 amide bonds. The third-order valence-electron chi connectivity index (χ3n) is 5.13. The Kier molecular flexibility index (Phi) is 4.85. The Morgan fingerprint density at radius 2 is 2.00 bits per heavy atom. The van der Waals surface area contributed by atoms with Gasteiger partial charge >= 0.3 is 0 Å². The van der Waals surface area contributed by atoms with E-state index in [-0.39, 0.29) is 30.4 Å². The molecule has 27 heavy (non-hydrogen) atoms. The van der Waals surface area contributed by atoms with E-state index in [1.54, 1.807) is 16.0 Å². The van der Waals surface area contributed by atoms with Crippen molar-refractivity contribution in [3.8, 4) is 0 Å². The highest BCUT2D eigenvalue weighted by atomic mass is 16.5. The van der Waals surface area contributed by atoms with E-state index < -0.39 is 0 Å². The minimum Gasteiger partial charge on any atom is -0.368 e. The molecule has 0 N–H and O–H groups in total. The van der Waals surface area contributed by atoms with Crippen LogP contribution < -0.4 is 4.90 Å². The molecule has 3 heterocycles. The van der Waals surface area contributed by atoms with Crippen LogP contribution in [0.4, 0.5) is 5.69 Å². The van der Waals surface area contributed by atoms with Gasteiger partial charge in [0.1, 0.15) is 12.3 Å². The van der Waals surface area contributed by atoms with Gasteiger partial charge in [-0.25, -0.2) is 4.98 Å². The number of rotatable bonds is 2. The fourth-order valence-electron chi connectivity index (χ4n) is 3.77. The van der Waals surface area contributed by atoms with Gasteiger partial charge in [0.25, 0.3) is 11.8 Å². The van der Waals surface area contributed by atoms with Gasteiger partial charge in [0.2, 0.25) is 0 Å². The van der Waals surface area contributed by atoms with Crippen LogP contribution in [0, 0.1) is 12.8 Å². The molecule has 140 valence electrons. The van der Waals surface area contributed by atoms with Crippen molar-refractivity contribution in [1.82, 2.24) is 14.9 Å². The molecule has 4 rings (SSSR count). The first-order valence-corrected chi connectivity index (χ1v) is 9.17. The van der Waals surface area contributed by atoms with E-state index in [0.29, 0.717) is 31.7 Å². The summed E-state index contributed by atoms with van der Waals surface area (Å²) in [4.78, 5) is 37.3. The van der Waals surface area contributed by atoms with E-state index >= 15 is 0 Å². The maximum absolute atomic E-state index is 12.8. The van der Waals surface area contributed by atoms with Gasteiger partial charge in [-0.3, -0.25) is 14.6 Å². The molecule has 7 heteroatoms. The second-order valence-corrected chi connectivity index (χ2v) is 7.03. The van der Waals surface area contributed by atoms with Gasteiger partial charge < -0.3 is 14.5 Å². The lowest BCUT2D eigenvalue weighted by atomic mass is 9.93. The number of benzene rings is 1. The lowest BCUT2D eigenvalue weighted by Gasteiger charge is -2.38. The summed E-state index contributed by atoms with van der Waals surface area (Å²) >= 11 is 0. The number of para-hydroxylation sites is 1. The summed E-state index contributed by atoms with van der Waals surface area (Å²) in [5, 5.41) is 0. The monoisotopic (exact) mass is 366 g/mol. The molecule has 0 radical (unpaired) electrons. The molecular formula is C20H22N4O3. The molecule has 7 nitrogen and oxygen atoms in total. The lowest BCUT2D eigenvalue weighted by molar-refractivity contribution is -0.124. The topological polar surface area (TPSA) is 75.6 Å². The van der Waals surface area contributed by atoms with Gasteiger partial charge in [-0.15, -0.1) is 0 Å². The Labute approximate surface area is 158 Å². The number of aromatic nitrogens is 2. The van der Waals surface area contributed by atoms with Crippen LogP contribution in [0.25, 0.3) is 0 Å². The average molecular weight is 366 g/mol. The third-order valence-corrected chi connectivity index (χ3v) is 5.13. The summed E-state index contributed by atoms with van der Waals surface area (Å²) in [6.45, 7) is 3.56. The van der Waals surface area contributed by atoms with Gasteiger partial charge in [0, 0.05) is 37.4 Å². The average Bonchev–Trinajstić information content (AvgIpc) is 2.86. The Morgan fingerprint density at radius 3 is 2.78 bits per heavy atom. The van der Waals surface area contributed by atoms with Crippen LogP contribution in [0.2, 0.25) is 0 Å². The van der Waals surface area contributed by atoms with Gasteiger partial charge in [-0.2, -0.15) is 0 Å². The fourth-order valence-corrected chi connectivity index (χ4v) is 3.77. The number of piperidine rings is 1. The first-order valence-electron chi connectivity index (χ1n) is 9.17. The highest BCUT2D eigenvalue weighted by Crippen LogP contribution is 2.27. The fraction of sp³-hybridized carbons (Fsp3) is 0.400. The zero-order chi connectivity index (χ0) is 18.8. The number of fused-ring (bicyclic) bond motifs is 1. The smallest absolute Gasteiger partial charge is 0.274 e. The van der Waals surface area contributed by atoms with Crippen molar-refractivity contribution in [3.05, 3.63) is 54.1 Å². The molecule has 0 aliphatic carbocycles. The van der Waals surface area contributed by atoms with Gasteiger partial charge in [0.15, 0.2) is 0 Å². The van der Waals surface area contributed by atoms with Crippen LogP contribution in [0.5, 0.6) is 0 Å². The number of hydrogen-bond acceptors (Lipinski definition) is 5. The van der Waals surface area contributed by atoms with Gasteiger partial charge in [-0.1, -0.05) is 18.2 Å². The molecule has 2 aliphatic heterocycles. The maximum atomic E-state index is 12.8. The van der Waals surface area contributed by atoms with E-state index in [2.05, 4.69) is 9.97 Å². The van der Waals surface area contributed by atoms with Crippen LogP contribution in [-0.4, -0.2) is 59.0 Å². The summed E-state index contributed by atoms with van der Waals surface area (Å²) in [5.41, 5.74) is 1.94. The molecule has 0 saturated carbocycles. The van der Waals surface area contributed by atoms with Crippen molar-refractivity contribution in [1.29, 1.82) is 0 Å². The molecule has 0 unspecified atom stereocenters. The minimum atomic E-state index is -0.119. The second kappa shape index (κ2) is 7.44. The number of anilines is 1. The largest absolute Gasteiger partial charge is 0.368 e.